The van der Waals surface area contributed by atoms with Crippen LogP contribution in [0.3, 0.4) is 0 Å². The summed E-state index contributed by atoms with van der Waals surface area (Å²) in [5, 5.41) is 6.90. The van der Waals surface area contributed by atoms with Gasteiger partial charge >= 0.3 is 6.03 Å². The lowest BCUT2D eigenvalue weighted by molar-refractivity contribution is 0.0207. The number of aryl methyl sites for hydroxylation is 2. The highest BCUT2D eigenvalue weighted by atomic mass is 16.5. The number of morpholine rings is 1. The molecule has 2 heterocycles. The lowest BCUT2D eigenvalue weighted by atomic mass is 10.2. The van der Waals surface area contributed by atoms with Gasteiger partial charge < -0.3 is 19.5 Å². The van der Waals surface area contributed by atoms with Gasteiger partial charge in [0.2, 0.25) is 0 Å². The SMILES string of the molecule is Cc1noc(C)c1CN(C)C(=O)NCC(C)N1CCOCC1. The molecule has 0 bridgehead atoms. The molecule has 2 rings (SSSR count). The van der Waals surface area contributed by atoms with Crippen molar-refractivity contribution in [1.82, 2.24) is 20.3 Å². The first-order valence-corrected chi connectivity index (χ1v) is 7.71. The van der Waals surface area contributed by atoms with Gasteiger partial charge in [-0.2, -0.15) is 0 Å². The minimum Gasteiger partial charge on any atom is -0.379 e. The molecule has 22 heavy (non-hydrogen) atoms. The Morgan fingerprint density at radius 1 is 1.41 bits per heavy atom. The topological polar surface area (TPSA) is 70.8 Å². The maximum Gasteiger partial charge on any atom is 0.317 e. The molecule has 1 saturated heterocycles. The van der Waals surface area contributed by atoms with Crippen molar-refractivity contribution in [2.24, 2.45) is 0 Å². The van der Waals surface area contributed by atoms with E-state index in [-0.39, 0.29) is 6.03 Å². The third-order valence-electron chi connectivity index (χ3n) is 4.14. The van der Waals surface area contributed by atoms with Gasteiger partial charge in [-0.25, -0.2) is 4.79 Å². The zero-order valence-electron chi connectivity index (χ0n) is 13.9. The molecule has 0 aliphatic carbocycles. The molecule has 7 nitrogen and oxygen atoms in total. The number of amides is 2. The summed E-state index contributed by atoms with van der Waals surface area (Å²) in [4.78, 5) is 16.2. The van der Waals surface area contributed by atoms with E-state index in [9.17, 15) is 4.79 Å². The molecule has 7 heteroatoms. The normalized spacial score (nSPS) is 17.3. The van der Waals surface area contributed by atoms with E-state index in [0.717, 1.165) is 43.3 Å². The Morgan fingerprint density at radius 2 is 2.09 bits per heavy atom. The minimum atomic E-state index is -0.0832. The standard InChI is InChI=1S/C15H26N4O3/c1-11(19-5-7-21-8-6-19)9-16-15(20)18(4)10-14-12(2)17-22-13(14)3/h11H,5-10H2,1-4H3,(H,16,20). The number of nitrogens with zero attached hydrogens (tertiary/aromatic N) is 3. The van der Waals surface area contributed by atoms with Crippen LogP contribution in [-0.2, 0) is 11.3 Å². The fourth-order valence-electron chi connectivity index (χ4n) is 2.55. The highest BCUT2D eigenvalue weighted by molar-refractivity contribution is 5.73. The molecule has 0 spiro atoms. The highest BCUT2D eigenvalue weighted by Gasteiger charge is 2.19. The summed E-state index contributed by atoms with van der Waals surface area (Å²) >= 11 is 0. The summed E-state index contributed by atoms with van der Waals surface area (Å²) in [6, 6.07) is 0.223. The third-order valence-corrected chi connectivity index (χ3v) is 4.14. The number of aromatic nitrogens is 1. The Balaban J connectivity index is 1.78. The van der Waals surface area contributed by atoms with Crippen molar-refractivity contribution in [2.45, 2.75) is 33.4 Å². The van der Waals surface area contributed by atoms with E-state index in [0.29, 0.717) is 19.1 Å². The van der Waals surface area contributed by atoms with Crippen LogP contribution in [0, 0.1) is 13.8 Å². The summed E-state index contributed by atoms with van der Waals surface area (Å²) in [5.41, 5.74) is 1.80. The second-order valence-electron chi connectivity index (χ2n) is 5.84. The van der Waals surface area contributed by atoms with Crippen LogP contribution in [0.1, 0.15) is 23.9 Å². The highest BCUT2D eigenvalue weighted by Crippen LogP contribution is 2.14. The van der Waals surface area contributed by atoms with Crippen LogP contribution in [0.25, 0.3) is 0 Å². The van der Waals surface area contributed by atoms with E-state index in [2.05, 4.69) is 22.3 Å². The Morgan fingerprint density at radius 3 is 2.68 bits per heavy atom. The molecule has 1 aromatic rings. The Labute approximate surface area is 131 Å². The first-order valence-electron chi connectivity index (χ1n) is 7.71. The average molecular weight is 310 g/mol. The molecule has 1 aliphatic rings. The molecule has 1 N–H and O–H groups in total. The Kier molecular flexibility index (Phi) is 5.79. The second kappa shape index (κ2) is 7.60. The summed E-state index contributed by atoms with van der Waals surface area (Å²) in [6.45, 7) is 10.4. The second-order valence-corrected chi connectivity index (χ2v) is 5.84. The van der Waals surface area contributed by atoms with E-state index in [1.807, 2.05) is 13.8 Å². The molecule has 0 aromatic carbocycles. The lowest BCUT2D eigenvalue weighted by Gasteiger charge is -2.32. The number of urea groups is 1. The van der Waals surface area contributed by atoms with Crippen molar-refractivity contribution < 1.29 is 14.1 Å². The minimum absolute atomic E-state index is 0.0832. The molecule has 1 aromatic heterocycles. The van der Waals surface area contributed by atoms with Crippen molar-refractivity contribution >= 4 is 6.03 Å². The average Bonchev–Trinajstić information content (AvgIpc) is 2.84. The van der Waals surface area contributed by atoms with Gasteiger partial charge in [0, 0.05) is 38.3 Å². The zero-order chi connectivity index (χ0) is 16.1. The van der Waals surface area contributed by atoms with Gasteiger partial charge in [0.15, 0.2) is 0 Å². The summed E-state index contributed by atoms with van der Waals surface area (Å²) < 4.78 is 10.5. The predicted octanol–water partition coefficient (Wildman–Crippen LogP) is 1.15. The lowest BCUT2D eigenvalue weighted by Crippen LogP contribution is -2.49. The molecule has 124 valence electrons. The van der Waals surface area contributed by atoms with Crippen LogP contribution in [0.4, 0.5) is 4.79 Å². The van der Waals surface area contributed by atoms with E-state index < -0.39 is 0 Å². The van der Waals surface area contributed by atoms with Crippen LogP contribution < -0.4 is 5.32 Å². The summed E-state index contributed by atoms with van der Waals surface area (Å²) in [5.74, 6) is 0.763. The third kappa shape index (κ3) is 4.20. The van der Waals surface area contributed by atoms with Crippen LogP contribution in [0.15, 0.2) is 4.52 Å². The number of carbonyl (C=O) groups is 1. The number of hydrogen-bond acceptors (Lipinski definition) is 5. The van der Waals surface area contributed by atoms with Crippen LogP contribution in [0.2, 0.25) is 0 Å². The van der Waals surface area contributed by atoms with E-state index in [4.69, 9.17) is 9.26 Å². The maximum absolute atomic E-state index is 12.2. The largest absolute Gasteiger partial charge is 0.379 e. The summed E-state index contributed by atoms with van der Waals surface area (Å²) in [7, 11) is 1.78. The molecular weight excluding hydrogens is 284 g/mol. The van der Waals surface area contributed by atoms with E-state index >= 15 is 0 Å². The monoisotopic (exact) mass is 310 g/mol. The molecule has 0 radical (unpaired) electrons. The fraction of sp³-hybridized carbons (Fsp3) is 0.733. The molecular formula is C15H26N4O3. The predicted molar refractivity (Wildman–Crippen MR) is 82.7 cm³/mol. The maximum atomic E-state index is 12.2. The van der Waals surface area contributed by atoms with Gasteiger partial charge in [-0.15, -0.1) is 0 Å². The summed E-state index contributed by atoms with van der Waals surface area (Å²) in [6.07, 6.45) is 0. The smallest absolute Gasteiger partial charge is 0.317 e. The van der Waals surface area contributed by atoms with Crippen molar-refractivity contribution in [3.8, 4) is 0 Å². The Bertz CT molecular complexity index is 477. The quantitative estimate of drug-likeness (QED) is 0.883. The van der Waals surface area contributed by atoms with Gasteiger partial charge in [0.25, 0.3) is 0 Å². The fourth-order valence-corrected chi connectivity index (χ4v) is 2.55. The number of hydrogen-bond donors (Lipinski definition) is 1. The van der Waals surface area contributed by atoms with Gasteiger partial charge in [0.05, 0.1) is 25.5 Å². The number of rotatable bonds is 5. The van der Waals surface area contributed by atoms with E-state index in [1.54, 1.807) is 11.9 Å². The first-order chi connectivity index (χ1) is 10.5. The molecule has 1 aliphatic heterocycles. The Hall–Kier alpha value is -1.60. The van der Waals surface area contributed by atoms with Crippen LogP contribution >= 0.6 is 0 Å². The van der Waals surface area contributed by atoms with Crippen LogP contribution in [-0.4, -0.2) is 66.9 Å². The first kappa shape index (κ1) is 16.8. The number of ether oxygens (including phenoxy) is 1. The molecule has 1 atom stereocenters. The van der Waals surface area contributed by atoms with Crippen molar-refractivity contribution in [3.63, 3.8) is 0 Å². The van der Waals surface area contributed by atoms with Gasteiger partial charge in [-0.05, 0) is 20.8 Å². The number of carbonyl (C=O) groups excluding carboxylic acids is 1. The van der Waals surface area contributed by atoms with Gasteiger partial charge in [-0.3, -0.25) is 4.90 Å². The molecule has 1 fully saturated rings. The van der Waals surface area contributed by atoms with Crippen molar-refractivity contribution in [1.29, 1.82) is 0 Å². The van der Waals surface area contributed by atoms with Gasteiger partial charge in [0.1, 0.15) is 5.76 Å². The van der Waals surface area contributed by atoms with Crippen molar-refractivity contribution in [2.75, 3.05) is 39.9 Å². The molecule has 2 amide bonds. The van der Waals surface area contributed by atoms with Gasteiger partial charge in [-0.1, -0.05) is 5.16 Å². The zero-order valence-corrected chi connectivity index (χ0v) is 13.9. The van der Waals surface area contributed by atoms with Crippen LogP contribution in [0.5, 0.6) is 0 Å². The molecule has 1 unspecified atom stereocenters. The van der Waals surface area contributed by atoms with Crippen molar-refractivity contribution in [3.05, 3.63) is 17.0 Å². The molecule has 0 saturated carbocycles. The number of nitrogens with one attached hydrogen (secondary N) is 1. The van der Waals surface area contributed by atoms with E-state index in [1.165, 1.54) is 0 Å².